The molecule has 0 aliphatic rings. The Bertz CT molecular complexity index is 1660. The first-order chi connectivity index (χ1) is 15.3. The smallest absolute Gasteiger partial charge is 0.297 e. The molecule has 2 aromatic carbocycles. The van der Waals surface area contributed by atoms with Crippen molar-refractivity contribution in [2.75, 3.05) is 14.1 Å². The van der Waals surface area contributed by atoms with Crippen molar-refractivity contribution in [3.05, 3.63) is 65.0 Å². The molecule has 5 rings (SSSR count). The molecule has 5 aromatic rings. The van der Waals surface area contributed by atoms with Gasteiger partial charge in [0.1, 0.15) is 16.9 Å². The van der Waals surface area contributed by atoms with Gasteiger partial charge in [0, 0.05) is 26.0 Å². The highest BCUT2D eigenvalue weighted by Gasteiger charge is 2.20. The molecule has 0 saturated heterocycles. The van der Waals surface area contributed by atoms with E-state index < -0.39 is 10.0 Å². The minimum atomic E-state index is -3.57. The number of furan rings is 1. The van der Waals surface area contributed by atoms with Crippen LogP contribution in [0.4, 0.5) is 0 Å². The number of aryl methyl sites for hydroxylation is 1. The SMILES string of the molecule is CCn1c(Cn2cnc3c(oc4ccccc43)c2=O)nc2cc(S(=O)(=O)N(C)C)ccc21. The monoisotopic (exact) mass is 451 g/mol. The van der Waals surface area contributed by atoms with E-state index in [1.807, 2.05) is 29.7 Å². The van der Waals surface area contributed by atoms with E-state index >= 15 is 0 Å². The summed E-state index contributed by atoms with van der Waals surface area (Å²) < 4.78 is 35.3. The minimum absolute atomic E-state index is 0.171. The van der Waals surface area contributed by atoms with Crippen LogP contribution in [0.2, 0.25) is 0 Å². The second kappa shape index (κ2) is 7.28. The van der Waals surface area contributed by atoms with E-state index in [0.717, 1.165) is 10.9 Å². The van der Waals surface area contributed by atoms with Crippen molar-refractivity contribution in [1.29, 1.82) is 0 Å². The Hall–Kier alpha value is -3.50. The molecular formula is C22H21N5O4S. The van der Waals surface area contributed by atoms with E-state index in [9.17, 15) is 13.2 Å². The minimum Gasteiger partial charge on any atom is -0.448 e. The van der Waals surface area contributed by atoms with Gasteiger partial charge in [0.05, 0.1) is 28.8 Å². The van der Waals surface area contributed by atoms with Gasteiger partial charge < -0.3 is 8.98 Å². The Kier molecular flexibility index (Phi) is 4.64. The molecule has 10 heteroatoms. The fourth-order valence-electron chi connectivity index (χ4n) is 3.88. The van der Waals surface area contributed by atoms with E-state index in [2.05, 4.69) is 9.97 Å². The Balaban J connectivity index is 1.62. The summed E-state index contributed by atoms with van der Waals surface area (Å²) in [5.41, 5.74) is 2.40. The second-order valence-corrected chi connectivity index (χ2v) is 9.82. The number of nitrogens with zero attached hydrogens (tertiary/aromatic N) is 5. The van der Waals surface area contributed by atoms with E-state index in [1.54, 1.807) is 24.3 Å². The number of fused-ring (bicyclic) bond motifs is 4. The van der Waals surface area contributed by atoms with E-state index in [-0.39, 0.29) is 22.6 Å². The molecule has 0 aliphatic carbocycles. The van der Waals surface area contributed by atoms with Crippen molar-refractivity contribution in [3.63, 3.8) is 0 Å². The summed E-state index contributed by atoms with van der Waals surface area (Å²) >= 11 is 0. The largest absolute Gasteiger partial charge is 0.448 e. The first-order valence-electron chi connectivity index (χ1n) is 10.1. The zero-order valence-corrected chi connectivity index (χ0v) is 18.6. The van der Waals surface area contributed by atoms with Crippen LogP contribution in [0.15, 0.2) is 62.9 Å². The molecule has 0 aliphatic heterocycles. The van der Waals surface area contributed by atoms with Gasteiger partial charge in [0.25, 0.3) is 5.56 Å². The summed E-state index contributed by atoms with van der Waals surface area (Å²) in [5, 5.41) is 0.794. The van der Waals surface area contributed by atoms with Gasteiger partial charge in [0.15, 0.2) is 0 Å². The molecule has 0 radical (unpaired) electrons. The number of aromatic nitrogens is 4. The lowest BCUT2D eigenvalue weighted by Crippen LogP contribution is -2.22. The first-order valence-corrected chi connectivity index (χ1v) is 11.5. The fraction of sp³-hybridized carbons (Fsp3) is 0.227. The molecule has 3 heterocycles. The number of hydrogen-bond donors (Lipinski definition) is 0. The molecule has 164 valence electrons. The number of rotatable bonds is 5. The van der Waals surface area contributed by atoms with E-state index in [1.165, 1.54) is 29.3 Å². The maximum absolute atomic E-state index is 13.1. The first kappa shape index (κ1) is 20.4. The average molecular weight is 452 g/mol. The third-order valence-corrected chi connectivity index (χ3v) is 7.37. The maximum Gasteiger partial charge on any atom is 0.297 e. The molecular weight excluding hydrogens is 430 g/mol. The molecule has 0 bridgehead atoms. The molecule has 0 atom stereocenters. The normalized spacial score (nSPS) is 12.5. The Morgan fingerprint density at radius 1 is 1.12 bits per heavy atom. The van der Waals surface area contributed by atoms with Gasteiger partial charge >= 0.3 is 0 Å². The van der Waals surface area contributed by atoms with E-state index in [4.69, 9.17) is 4.42 Å². The molecule has 0 spiro atoms. The summed E-state index contributed by atoms with van der Waals surface area (Å²) in [5.74, 6) is 0.626. The fourth-order valence-corrected chi connectivity index (χ4v) is 4.81. The summed E-state index contributed by atoms with van der Waals surface area (Å²) in [6, 6.07) is 12.3. The van der Waals surface area contributed by atoms with Crippen LogP contribution < -0.4 is 5.56 Å². The van der Waals surface area contributed by atoms with Crippen LogP contribution in [0.1, 0.15) is 12.7 Å². The molecule has 0 saturated carbocycles. The molecule has 9 nitrogen and oxygen atoms in total. The molecule has 0 N–H and O–H groups in total. The van der Waals surface area contributed by atoms with Crippen molar-refractivity contribution in [2.45, 2.75) is 24.9 Å². The Morgan fingerprint density at radius 2 is 1.91 bits per heavy atom. The highest BCUT2D eigenvalue weighted by atomic mass is 32.2. The molecule has 0 fully saturated rings. The van der Waals surface area contributed by atoms with Crippen LogP contribution in [-0.2, 0) is 23.1 Å². The van der Waals surface area contributed by atoms with Gasteiger partial charge in [0.2, 0.25) is 15.6 Å². The van der Waals surface area contributed by atoms with Gasteiger partial charge in [-0.3, -0.25) is 9.36 Å². The number of imidazole rings is 1. The lowest BCUT2D eigenvalue weighted by Gasteiger charge is -2.11. The predicted octanol–water partition coefficient (Wildman–Crippen LogP) is 2.81. The lowest BCUT2D eigenvalue weighted by molar-refractivity contribution is 0.521. The summed E-state index contributed by atoms with van der Waals surface area (Å²) in [6.45, 7) is 2.76. The predicted molar refractivity (Wildman–Crippen MR) is 121 cm³/mol. The van der Waals surface area contributed by atoms with Crippen LogP contribution in [-0.4, -0.2) is 45.9 Å². The highest BCUT2D eigenvalue weighted by molar-refractivity contribution is 7.89. The van der Waals surface area contributed by atoms with Crippen LogP contribution in [0.3, 0.4) is 0 Å². The zero-order valence-electron chi connectivity index (χ0n) is 17.8. The Morgan fingerprint density at radius 3 is 2.66 bits per heavy atom. The number of sulfonamides is 1. The quantitative estimate of drug-likeness (QED) is 0.407. The van der Waals surface area contributed by atoms with Crippen LogP contribution in [0, 0.1) is 0 Å². The van der Waals surface area contributed by atoms with Gasteiger partial charge in [-0.05, 0) is 37.3 Å². The molecule has 32 heavy (non-hydrogen) atoms. The average Bonchev–Trinajstić information content (AvgIpc) is 3.33. The topological polar surface area (TPSA) is 103 Å². The van der Waals surface area contributed by atoms with Gasteiger partial charge in [-0.25, -0.2) is 22.7 Å². The van der Waals surface area contributed by atoms with Crippen LogP contribution >= 0.6 is 0 Å². The lowest BCUT2D eigenvalue weighted by atomic mass is 10.2. The van der Waals surface area contributed by atoms with Crippen molar-refractivity contribution in [2.24, 2.45) is 0 Å². The summed E-state index contributed by atoms with van der Waals surface area (Å²) in [7, 11) is -0.596. The van der Waals surface area contributed by atoms with Gasteiger partial charge in [-0.1, -0.05) is 12.1 Å². The number of hydrogen-bond acceptors (Lipinski definition) is 6. The third-order valence-electron chi connectivity index (χ3n) is 5.56. The van der Waals surface area contributed by atoms with Crippen molar-refractivity contribution in [3.8, 4) is 0 Å². The van der Waals surface area contributed by atoms with Crippen molar-refractivity contribution < 1.29 is 12.8 Å². The van der Waals surface area contributed by atoms with Crippen molar-refractivity contribution >= 4 is 43.1 Å². The molecule has 3 aromatic heterocycles. The standard InChI is InChI=1S/C22H21N5O4S/c1-4-27-17-10-9-14(32(29,30)25(2)3)11-16(17)24-19(27)12-26-13-23-20-15-7-5-6-8-18(15)31-21(20)22(26)28/h5-11,13H,4,12H2,1-3H3. The number of benzene rings is 2. The van der Waals surface area contributed by atoms with Crippen LogP contribution in [0.25, 0.3) is 33.1 Å². The maximum atomic E-state index is 13.1. The molecule has 0 amide bonds. The third kappa shape index (κ3) is 3.02. The molecule has 0 unspecified atom stereocenters. The number of para-hydroxylation sites is 1. The van der Waals surface area contributed by atoms with E-state index in [0.29, 0.717) is 29.0 Å². The zero-order chi connectivity index (χ0) is 22.6. The summed E-state index contributed by atoms with van der Waals surface area (Å²) in [4.78, 5) is 22.3. The van der Waals surface area contributed by atoms with Crippen LogP contribution in [0.5, 0.6) is 0 Å². The summed E-state index contributed by atoms with van der Waals surface area (Å²) in [6.07, 6.45) is 1.49. The van der Waals surface area contributed by atoms with Crippen molar-refractivity contribution in [1.82, 2.24) is 23.4 Å². The van der Waals surface area contributed by atoms with Gasteiger partial charge in [-0.2, -0.15) is 0 Å². The second-order valence-electron chi connectivity index (χ2n) is 7.66. The van der Waals surface area contributed by atoms with Gasteiger partial charge in [-0.15, -0.1) is 0 Å². The Labute approximate surface area is 183 Å². The highest BCUT2D eigenvalue weighted by Crippen LogP contribution is 2.25.